The Bertz CT molecular complexity index is 742. The monoisotopic (exact) mass is 332 g/mol. The fourth-order valence-electron chi connectivity index (χ4n) is 2.32. The van der Waals surface area contributed by atoms with Crippen molar-refractivity contribution in [2.45, 2.75) is 19.4 Å². The van der Waals surface area contributed by atoms with Crippen LogP contribution in [0.3, 0.4) is 0 Å². The van der Waals surface area contributed by atoms with Crippen molar-refractivity contribution in [3.63, 3.8) is 0 Å². The lowest BCUT2D eigenvalue weighted by Gasteiger charge is -2.20. The van der Waals surface area contributed by atoms with Gasteiger partial charge >= 0.3 is 0 Å². The Balaban J connectivity index is 1.54. The third kappa shape index (κ3) is 3.86. The summed E-state index contributed by atoms with van der Waals surface area (Å²) < 4.78 is 5.23. The molecule has 0 amide bonds. The number of aliphatic hydroxyl groups excluding tert-OH is 1. The minimum absolute atomic E-state index is 0.411. The van der Waals surface area contributed by atoms with E-state index in [0.717, 1.165) is 34.6 Å². The third-order valence-corrected chi connectivity index (χ3v) is 4.37. The highest BCUT2D eigenvalue weighted by Crippen LogP contribution is 2.23. The number of benzene rings is 1. The van der Waals surface area contributed by atoms with Crippen LogP contribution in [0.2, 0.25) is 0 Å². The summed E-state index contributed by atoms with van der Waals surface area (Å²) in [5.41, 5.74) is 2.33. The summed E-state index contributed by atoms with van der Waals surface area (Å²) in [4.78, 5) is 12.0. The summed E-state index contributed by atoms with van der Waals surface area (Å²) in [6.45, 7) is 2.86. The molecule has 3 rings (SSSR count). The standard InChI is InChI=1S/C16H20N4O2S/c1-10(21)8-19-16-20-15(23-16)17-6-5-11-9-18-14-7-12(22-2)3-4-13(11)14/h3-4,7,9-10,18,21H,5-6,8H2,1-2H3,(H,17,19,20). The first kappa shape index (κ1) is 15.9. The van der Waals surface area contributed by atoms with E-state index < -0.39 is 6.10 Å². The number of nitrogens with zero attached hydrogens (tertiary/aromatic N) is 2. The molecular formula is C16H20N4O2S. The predicted octanol–water partition coefficient (Wildman–Crippen LogP) is 2.15. The van der Waals surface area contributed by atoms with Crippen molar-refractivity contribution >= 4 is 33.0 Å². The topological polar surface area (TPSA) is 82.0 Å². The molecule has 2 aromatic rings. The van der Waals surface area contributed by atoms with Gasteiger partial charge in [0.05, 0.1) is 19.8 Å². The number of amidine groups is 2. The quantitative estimate of drug-likeness (QED) is 0.757. The highest BCUT2D eigenvalue weighted by atomic mass is 32.2. The zero-order valence-corrected chi connectivity index (χ0v) is 14.0. The second-order valence-electron chi connectivity index (χ2n) is 5.38. The fourth-order valence-corrected chi connectivity index (χ4v) is 2.94. The molecule has 122 valence electrons. The number of aromatic amines is 1. The van der Waals surface area contributed by atoms with E-state index in [1.807, 2.05) is 18.3 Å². The van der Waals surface area contributed by atoms with Gasteiger partial charge < -0.3 is 20.1 Å². The van der Waals surface area contributed by atoms with Crippen LogP contribution in [0.1, 0.15) is 12.5 Å². The summed E-state index contributed by atoms with van der Waals surface area (Å²) in [6.07, 6.45) is 2.49. The van der Waals surface area contributed by atoms with E-state index in [1.54, 1.807) is 14.0 Å². The molecule has 1 saturated heterocycles. The molecule has 2 heterocycles. The van der Waals surface area contributed by atoms with Crippen LogP contribution >= 0.6 is 11.8 Å². The zero-order chi connectivity index (χ0) is 16.2. The van der Waals surface area contributed by atoms with Crippen LogP contribution in [-0.2, 0) is 6.42 Å². The molecule has 1 unspecified atom stereocenters. The van der Waals surface area contributed by atoms with Crippen molar-refractivity contribution in [3.05, 3.63) is 30.0 Å². The Kier molecular flexibility index (Phi) is 4.88. The molecule has 0 saturated carbocycles. The molecule has 1 fully saturated rings. The molecule has 3 N–H and O–H groups in total. The molecule has 6 nitrogen and oxygen atoms in total. The van der Waals surface area contributed by atoms with E-state index in [2.05, 4.69) is 26.4 Å². The zero-order valence-electron chi connectivity index (χ0n) is 13.2. The first-order chi connectivity index (χ1) is 11.2. The molecule has 0 bridgehead atoms. The Morgan fingerprint density at radius 3 is 2.83 bits per heavy atom. The van der Waals surface area contributed by atoms with Crippen molar-refractivity contribution in [2.24, 2.45) is 9.98 Å². The number of hydrogen-bond acceptors (Lipinski definition) is 5. The van der Waals surface area contributed by atoms with Gasteiger partial charge in [0.15, 0.2) is 10.3 Å². The summed E-state index contributed by atoms with van der Waals surface area (Å²) >= 11 is 1.51. The maximum absolute atomic E-state index is 9.17. The second-order valence-corrected chi connectivity index (χ2v) is 6.36. The number of aliphatic hydroxyl groups is 1. The van der Waals surface area contributed by atoms with Gasteiger partial charge in [0.25, 0.3) is 0 Å². The van der Waals surface area contributed by atoms with E-state index in [-0.39, 0.29) is 0 Å². The number of nitrogens with one attached hydrogen (secondary N) is 2. The van der Waals surface area contributed by atoms with Crippen molar-refractivity contribution in [1.82, 2.24) is 10.3 Å². The van der Waals surface area contributed by atoms with E-state index in [9.17, 15) is 0 Å². The molecule has 1 aromatic carbocycles. The highest BCUT2D eigenvalue weighted by Gasteiger charge is 2.19. The summed E-state index contributed by atoms with van der Waals surface area (Å²) in [7, 11) is 1.67. The average Bonchev–Trinajstić information content (AvgIpc) is 2.90. The Morgan fingerprint density at radius 2 is 2.09 bits per heavy atom. The molecule has 7 heteroatoms. The number of aliphatic imine (C=N–C) groups is 2. The van der Waals surface area contributed by atoms with Crippen LogP contribution in [0.15, 0.2) is 34.4 Å². The number of fused-ring (bicyclic) bond motifs is 1. The Labute approximate surface area is 139 Å². The Hall–Kier alpha value is -1.99. The van der Waals surface area contributed by atoms with Gasteiger partial charge in [-0.15, -0.1) is 0 Å². The molecule has 1 aliphatic heterocycles. The summed E-state index contributed by atoms with van der Waals surface area (Å²) in [5.74, 6) is 0.852. The van der Waals surface area contributed by atoms with Gasteiger partial charge in [0.1, 0.15) is 5.75 Å². The van der Waals surface area contributed by atoms with Gasteiger partial charge in [-0.25, -0.2) is 0 Å². The van der Waals surface area contributed by atoms with E-state index in [4.69, 9.17) is 9.84 Å². The number of thioether (sulfide) groups is 1. The number of H-pyrrole nitrogens is 1. The van der Waals surface area contributed by atoms with Gasteiger partial charge in [-0.3, -0.25) is 9.98 Å². The lowest BCUT2D eigenvalue weighted by molar-refractivity contribution is 0.204. The van der Waals surface area contributed by atoms with Crippen LogP contribution in [0.25, 0.3) is 10.9 Å². The molecule has 23 heavy (non-hydrogen) atoms. The van der Waals surface area contributed by atoms with E-state index in [1.165, 1.54) is 22.7 Å². The first-order valence-corrected chi connectivity index (χ1v) is 8.33. The van der Waals surface area contributed by atoms with Crippen molar-refractivity contribution in [3.8, 4) is 5.75 Å². The maximum atomic E-state index is 9.17. The maximum Gasteiger partial charge on any atom is 0.170 e. The lowest BCUT2D eigenvalue weighted by Crippen LogP contribution is -2.39. The minimum Gasteiger partial charge on any atom is -0.497 e. The van der Waals surface area contributed by atoms with Crippen LogP contribution in [0.4, 0.5) is 0 Å². The van der Waals surface area contributed by atoms with Crippen LogP contribution < -0.4 is 10.1 Å². The average molecular weight is 332 g/mol. The number of rotatable bonds is 6. The van der Waals surface area contributed by atoms with Crippen LogP contribution in [0, 0.1) is 0 Å². The molecule has 0 aliphatic carbocycles. The summed E-state index contributed by atoms with van der Waals surface area (Å²) in [5, 5.41) is 15.2. The molecule has 0 radical (unpaired) electrons. The van der Waals surface area contributed by atoms with Gasteiger partial charge in [-0.2, -0.15) is 0 Å². The van der Waals surface area contributed by atoms with Crippen LogP contribution in [0.5, 0.6) is 5.75 Å². The van der Waals surface area contributed by atoms with Gasteiger partial charge in [-0.05, 0) is 42.8 Å². The first-order valence-electron chi connectivity index (χ1n) is 7.51. The number of methoxy groups -OCH3 is 1. The number of ether oxygens (including phenoxy) is 1. The molecule has 1 atom stereocenters. The third-order valence-electron chi connectivity index (χ3n) is 3.52. The van der Waals surface area contributed by atoms with Crippen LogP contribution in [-0.4, -0.2) is 46.7 Å². The lowest BCUT2D eigenvalue weighted by atomic mass is 10.1. The predicted molar refractivity (Wildman–Crippen MR) is 95.6 cm³/mol. The van der Waals surface area contributed by atoms with Gasteiger partial charge in [0, 0.05) is 29.7 Å². The number of hydrogen-bond donors (Lipinski definition) is 3. The fraction of sp³-hybridized carbons (Fsp3) is 0.375. The largest absolute Gasteiger partial charge is 0.497 e. The number of aromatic nitrogens is 1. The SMILES string of the molecule is COc1ccc2c(CCN=C3NC(=NCC(C)O)S3)c[nH]c2c1. The van der Waals surface area contributed by atoms with E-state index in [0.29, 0.717) is 6.54 Å². The smallest absolute Gasteiger partial charge is 0.170 e. The molecule has 1 aromatic heterocycles. The molecule has 1 aliphatic rings. The van der Waals surface area contributed by atoms with Gasteiger partial charge in [0.2, 0.25) is 0 Å². The normalized spacial score (nSPS) is 18.9. The van der Waals surface area contributed by atoms with Crippen molar-refractivity contribution in [1.29, 1.82) is 0 Å². The molecule has 0 spiro atoms. The van der Waals surface area contributed by atoms with Crippen molar-refractivity contribution in [2.75, 3.05) is 20.2 Å². The Morgan fingerprint density at radius 1 is 1.30 bits per heavy atom. The van der Waals surface area contributed by atoms with E-state index >= 15 is 0 Å². The highest BCUT2D eigenvalue weighted by molar-refractivity contribution is 8.29. The minimum atomic E-state index is -0.411. The molecular weight excluding hydrogens is 312 g/mol. The van der Waals surface area contributed by atoms with Gasteiger partial charge in [-0.1, -0.05) is 0 Å². The summed E-state index contributed by atoms with van der Waals surface area (Å²) in [6, 6.07) is 6.04. The second kappa shape index (κ2) is 7.06. The van der Waals surface area contributed by atoms with Crippen molar-refractivity contribution < 1.29 is 9.84 Å².